The van der Waals surface area contributed by atoms with Gasteiger partial charge in [0.2, 0.25) is 5.91 Å². The Morgan fingerprint density at radius 3 is 3.09 bits per heavy atom. The maximum atomic E-state index is 12.1. The average Bonchev–Trinajstić information content (AvgIpc) is 2.98. The van der Waals surface area contributed by atoms with Crippen LogP contribution in [0.25, 0.3) is 10.6 Å². The summed E-state index contributed by atoms with van der Waals surface area (Å²) in [7, 11) is 1.67. The van der Waals surface area contributed by atoms with Crippen molar-refractivity contribution in [2.24, 2.45) is 0 Å². The van der Waals surface area contributed by atoms with Crippen LogP contribution in [0.15, 0.2) is 24.3 Å². The minimum absolute atomic E-state index is 0.254. The van der Waals surface area contributed by atoms with Crippen molar-refractivity contribution in [2.45, 2.75) is 32.7 Å². The Balaban J connectivity index is 1.82. The predicted molar refractivity (Wildman–Crippen MR) is 88.1 cm³/mol. The Bertz CT molecular complexity index is 681. The summed E-state index contributed by atoms with van der Waals surface area (Å²) in [5, 5.41) is 1.01. The van der Waals surface area contributed by atoms with Gasteiger partial charge in [0.05, 0.1) is 19.3 Å². The SMILES string of the molecule is CCCC(=O)N1CCc2nc(-c3cccc(OC)c3)sc2C1. The van der Waals surface area contributed by atoms with Crippen molar-refractivity contribution >= 4 is 17.2 Å². The van der Waals surface area contributed by atoms with Crippen molar-refractivity contribution in [3.63, 3.8) is 0 Å². The lowest BCUT2D eigenvalue weighted by molar-refractivity contribution is -0.132. The average molecular weight is 316 g/mol. The number of ether oxygens (including phenoxy) is 1. The van der Waals surface area contributed by atoms with Crippen LogP contribution in [0.5, 0.6) is 5.75 Å². The number of methoxy groups -OCH3 is 1. The molecule has 5 heteroatoms. The molecule has 0 aliphatic carbocycles. The van der Waals surface area contributed by atoms with Crippen LogP contribution in [0.1, 0.15) is 30.3 Å². The maximum Gasteiger partial charge on any atom is 0.222 e. The number of aromatic nitrogens is 1. The summed E-state index contributed by atoms with van der Waals surface area (Å²) < 4.78 is 5.28. The normalized spacial score (nSPS) is 13.8. The van der Waals surface area contributed by atoms with Crippen LogP contribution >= 0.6 is 11.3 Å². The van der Waals surface area contributed by atoms with Crippen molar-refractivity contribution in [1.29, 1.82) is 0 Å². The fourth-order valence-corrected chi connectivity index (χ4v) is 3.78. The zero-order valence-electron chi connectivity index (χ0n) is 13.0. The summed E-state index contributed by atoms with van der Waals surface area (Å²) in [4.78, 5) is 20.0. The number of amides is 1. The van der Waals surface area contributed by atoms with Gasteiger partial charge in [-0.2, -0.15) is 0 Å². The Labute approximate surface area is 134 Å². The van der Waals surface area contributed by atoms with Gasteiger partial charge in [-0.05, 0) is 18.6 Å². The first-order valence-electron chi connectivity index (χ1n) is 7.62. The van der Waals surface area contributed by atoms with E-state index in [4.69, 9.17) is 9.72 Å². The number of rotatable bonds is 4. The number of carbonyl (C=O) groups excluding carboxylic acids is 1. The molecule has 1 aromatic heterocycles. The highest BCUT2D eigenvalue weighted by atomic mass is 32.1. The molecule has 0 saturated carbocycles. The molecule has 0 fully saturated rings. The van der Waals surface area contributed by atoms with E-state index < -0.39 is 0 Å². The van der Waals surface area contributed by atoms with Gasteiger partial charge in [0.15, 0.2) is 0 Å². The second-order valence-electron chi connectivity index (χ2n) is 5.44. The molecule has 0 atom stereocenters. The third-order valence-corrected chi connectivity index (χ3v) is 5.00. The molecule has 1 aromatic carbocycles. The van der Waals surface area contributed by atoms with Crippen molar-refractivity contribution in [3.8, 4) is 16.3 Å². The summed E-state index contributed by atoms with van der Waals surface area (Å²) in [6, 6.07) is 7.96. The van der Waals surface area contributed by atoms with E-state index in [-0.39, 0.29) is 5.91 Å². The molecule has 22 heavy (non-hydrogen) atoms. The lowest BCUT2D eigenvalue weighted by Crippen LogP contribution is -2.35. The fraction of sp³-hybridized carbons (Fsp3) is 0.412. The zero-order chi connectivity index (χ0) is 15.5. The van der Waals surface area contributed by atoms with Crippen LogP contribution in [0.2, 0.25) is 0 Å². The van der Waals surface area contributed by atoms with Crippen molar-refractivity contribution < 1.29 is 9.53 Å². The van der Waals surface area contributed by atoms with Crippen molar-refractivity contribution in [1.82, 2.24) is 9.88 Å². The molecule has 0 N–H and O–H groups in total. The number of hydrogen-bond donors (Lipinski definition) is 0. The van der Waals surface area contributed by atoms with Gasteiger partial charge in [-0.3, -0.25) is 4.79 Å². The first-order chi connectivity index (χ1) is 10.7. The summed E-state index contributed by atoms with van der Waals surface area (Å²) >= 11 is 1.69. The molecular formula is C17H20N2O2S. The monoisotopic (exact) mass is 316 g/mol. The highest BCUT2D eigenvalue weighted by Gasteiger charge is 2.23. The molecule has 0 radical (unpaired) electrons. The van der Waals surface area contributed by atoms with E-state index in [1.807, 2.05) is 36.1 Å². The largest absolute Gasteiger partial charge is 0.497 e. The van der Waals surface area contributed by atoms with Gasteiger partial charge in [-0.25, -0.2) is 4.98 Å². The standard InChI is InChI=1S/C17H20N2O2S/c1-3-5-16(20)19-9-8-14-15(11-19)22-17(18-14)12-6-4-7-13(10-12)21-2/h4,6-7,10H,3,5,8-9,11H2,1-2H3. The summed E-state index contributed by atoms with van der Waals surface area (Å²) in [5.74, 6) is 1.09. The van der Waals surface area contributed by atoms with Gasteiger partial charge < -0.3 is 9.64 Å². The van der Waals surface area contributed by atoms with E-state index in [9.17, 15) is 4.79 Å². The lowest BCUT2D eigenvalue weighted by Gasteiger charge is -2.26. The van der Waals surface area contributed by atoms with Gasteiger partial charge in [0.1, 0.15) is 10.8 Å². The van der Waals surface area contributed by atoms with Crippen LogP contribution in [0.4, 0.5) is 0 Å². The molecule has 2 aromatic rings. The smallest absolute Gasteiger partial charge is 0.222 e. The quantitative estimate of drug-likeness (QED) is 0.867. The molecule has 3 rings (SSSR count). The van der Waals surface area contributed by atoms with E-state index in [0.29, 0.717) is 13.0 Å². The number of thiazole rings is 1. The third kappa shape index (κ3) is 2.99. The van der Waals surface area contributed by atoms with E-state index >= 15 is 0 Å². The molecule has 1 aliphatic rings. The van der Waals surface area contributed by atoms with Crippen LogP contribution in [-0.2, 0) is 17.8 Å². The minimum atomic E-state index is 0.254. The molecule has 2 heterocycles. The summed E-state index contributed by atoms with van der Waals surface area (Å²) in [5.41, 5.74) is 2.22. The Hall–Kier alpha value is -1.88. The molecule has 1 aliphatic heterocycles. The number of carbonyl (C=O) groups is 1. The molecule has 0 unspecified atom stereocenters. The minimum Gasteiger partial charge on any atom is -0.497 e. The topological polar surface area (TPSA) is 42.4 Å². The second kappa shape index (κ2) is 6.48. The van der Waals surface area contributed by atoms with E-state index in [1.54, 1.807) is 18.4 Å². The molecule has 0 bridgehead atoms. The Kier molecular flexibility index (Phi) is 4.43. The number of hydrogen-bond acceptors (Lipinski definition) is 4. The third-order valence-electron chi connectivity index (χ3n) is 3.86. The van der Waals surface area contributed by atoms with Gasteiger partial charge in [0, 0.05) is 29.8 Å². The lowest BCUT2D eigenvalue weighted by atomic mass is 10.1. The van der Waals surface area contributed by atoms with Gasteiger partial charge >= 0.3 is 0 Å². The fourth-order valence-electron chi connectivity index (χ4n) is 2.66. The first-order valence-corrected chi connectivity index (χ1v) is 8.43. The van der Waals surface area contributed by atoms with Crippen LogP contribution in [-0.4, -0.2) is 29.4 Å². The van der Waals surface area contributed by atoms with Crippen molar-refractivity contribution in [3.05, 3.63) is 34.8 Å². The molecule has 116 valence electrons. The highest BCUT2D eigenvalue weighted by molar-refractivity contribution is 7.15. The predicted octanol–water partition coefficient (Wildman–Crippen LogP) is 3.50. The number of nitrogens with zero attached hydrogens (tertiary/aromatic N) is 2. The maximum absolute atomic E-state index is 12.1. The summed E-state index contributed by atoms with van der Waals surface area (Å²) in [6.45, 7) is 3.53. The first kappa shape index (κ1) is 15.0. The Morgan fingerprint density at radius 1 is 1.45 bits per heavy atom. The summed E-state index contributed by atoms with van der Waals surface area (Å²) in [6.07, 6.45) is 2.39. The molecule has 1 amide bonds. The van der Waals surface area contributed by atoms with E-state index in [1.165, 1.54) is 4.88 Å². The van der Waals surface area contributed by atoms with Gasteiger partial charge in [-0.15, -0.1) is 11.3 Å². The van der Waals surface area contributed by atoms with Crippen LogP contribution in [0, 0.1) is 0 Å². The zero-order valence-corrected chi connectivity index (χ0v) is 13.8. The number of benzene rings is 1. The van der Waals surface area contributed by atoms with Crippen LogP contribution in [0.3, 0.4) is 0 Å². The van der Waals surface area contributed by atoms with E-state index in [2.05, 4.69) is 0 Å². The highest BCUT2D eigenvalue weighted by Crippen LogP contribution is 2.33. The Morgan fingerprint density at radius 2 is 2.32 bits per heavy atom. The molecule has 4 nitrogen and oxygen atoms in total. The van der Waals surface area contributed by atoms with Gasteiger partial charge in [0.25, 0.3) is 0 Å². The molecular weight excluding hydrogens is 296 g/mol. The second-order valence-corrected chi connectivity index (χ2v) is 6.52. The van der Waals surface area contributed by atoms with Crippen molar-refractivity contribution in [2.75, 3.05) is 13.7 Å². The molecule has 0 spiro atoms. The van der Waals surface area contributed by atoms with Gasteiger partial charge in [-0.1, -0.05) is 19.1 Å². The number of fused-ring (bicyclic) bond motifs is 1. The van der Waals surface area contributed by atoms with E-state index in [0.717, 1.165) is 41.4 Å². The molecule has 0 saturated heterocycles. The van der Waals surface area contributed by atoms with Crippen LogP contribution < -0.4 is 4.74 Å².